The first-order valence-corrected chi connectivity index (χ1v) is 8.86. The van der Waals surface area contributed by atoms with E-state index in [1.807, 2.05) is 38.1 Å². The molecule has 0 saturated carbocycles. The van der Waals surface area contributed by atoms with E-state index in [1.165, 1.54) is 12.4 Å². The van der Waals surface area contributed by atoms with Crippen molar-refractivity contribution in [1.82, 2.24) is 15.3 Å². The lowest BCUT2D eigenvalue weighted by Gasteiger charge is -2.11. The summed E-state index contributed by atoms with van der Waals surface area (Å²) in [5.74, 6) is 1.05. The largest absolute Gasteiger partial charge is 0.491 e. The van der Waals surface area contributed by atoms with Gasteiger partial charge in [0, 0.05) is 31.2 Å². The van der Waals surface area contributed by atoms with Crippen LogP contribution in [0.3, 0.4) is 0 Å². The van der Waals surface area contributed by atoms with Crippen molar-refractivity contribution in [3.63, 3.8) is 0 Å². The average Bonchev–Trinajstić information content (AvgIpc) is 3.15. The molecule has 1 saturated heterocycles. The number of carbonyl (C=O) groups excluding carboxylic acids is 1. The van der Waals surface area contributed by atoms with E-state index in [2.05, 4.69) is 20.6 Å². The number of rotatable bonds is 7. The van der Waals surface area contributed by atoms with E-state index in [0.29, 0.717) is 18.1 Å². The summed E-state index contributed by atoms with van der Waals surface area (Å²) in [5.41, 5.74) is 1.27. The number of hydrogen-bond donors (Lipinski definition) is 2. The van der Waals surface area contributed by atoms with Crippen molar-refractivity contribution in [2.24, 2.45) is 0 Å². The lowest BCUT2D eigenvalue weighted by atomic mass is 10.2. The van der Waals surface area contributed by atoms with E-state index < -0.39 is 0 Å². The Labute approximate surface area is 153 Å². The quantitative estimate of drug-likeness (QED) is 0.793. The highest BCUT2D eigenvalue weighted by Gasteiger charge is 2.17. The number of ether oxygens (including phenoxy) is 2. The minimum Gasteiger partial charge on any atom is -0.491 e. The highest BCUT2D eigenvalue weighted by Crippen LogP contribution is 2.19. The average molecular weight is 356 g/mol. The topological polar surface area (TPSA) is 85.4 Å². The van der Waals surface area contributed by atoms with Gasteiger partial charge >= 0.3 is 0 Å². The molecule has 0 aliphatic carbocycles. The minimum atomic E-state index is -0.192. The zero-order valence-corrected chi connectivity index (χ0v) is 15.1. The predicted molar refractivity (Wildman–Crippen MR) is 98.8 cm³/mol. The van der Waals surface area contributed by atoms with E-state index in [9.17, 15) is 4.79 Å². The van der Waals surface area contributed by atoms with Crippen LogP contribution in [0.25, 0.3) is 0 Å². The van der Waals surface area contributed by atoms with Crippen LogP contribution in [0.1, 0.15) is 37.0 Å². The van der Waals surface area contributed by atoms with Crippen LogP contribution in [-0.4, -0.2) is 41.2 Å². The molecule has 1 aromatic heterocycles. The summed E-state index contributed by atoms with van der Waals surface area (Å²) in [6, 6.07) is 7.55. The molecule has 1 amide bonds. The fourth-order valence-corrected chi connectivity index (χ4v) is 2.64. The summed E-state index contributed by atoms with van der Waals surface area (Å²) < 4.78 is 11.1. The van der Waals surface area contributed by atoms with Crippen molar-refractivity contribution in [1.29, 1.82) is 0 Å². The van der Waals surface area contributed by atoms with Crippen LogP contribution in [-0.2, 0) is 4.74 Å². The Bertz CT molecular complexity index is 711. The van der Waals surface area contributed by atoms with Gasteiger partial charge in [0.2, 0.25) is 5.95 Å². The highest BCUT2D eigenvalue weighted by molar-refractivity contribution is 5.93. The molecule has 2 heterocycles. The second kappa shape index (κ2) is 8.62. The third kappa shape index (κ3) is 5.16. The Morgan fingerprint density at radius 3 is 2.62 bits per heavy atom. The van der Waals surface area contributed by atoms with Crippen LogP contribution >= 0.6 is 0 Å². The number of amides is 1. The van der Waals surface area contributed by atoms with Gasteiger partial charge in [-0.25, -0.2) is 9.97 Å². The molecule has 7 nitrogen and oxygen atoms in total. The van der Waals surface area contributed by atoms with Gasteiger partial charge in [-0.05, 0) is 51.0 Å². The van der Waals surface area contributed by atoms with Gasteiger partial charge in [-0.1, -0.05) is 0 Å². The summed E-state index contributed by atoms with van der Waals surface area (Å²) in [6.45, 7) is 5.26. The fourth-order valence-electron chi connectivity index (χ4n) is 2.64. The molecule has 2 N–H and O–H groups in total. The van der Waals surface area contributed by atoms with Crippen LogP contribution in [0.5, 0.6) is 5.75 Å². The summed E-state index contributed by atoms with van der Waals surface area (Å²) in [7, 11) is 0. The van der Waals surface area contributed by atoms with Crippen LogP contribution < -0.4 is 15.4 Å². The van der Waals surface area contributed by atoms with E-state index in [0.717, 1.165) is 30.9 Å². The minimum absolute atomic E-state index is 0.114. The van der Waals surface area contributed by atoms with E-state index in [4.69, 9.17) is 9.47 Å². The molecular weight excluding hydrogens is 332 g/mol. The lowest BCUT2D eigenvalue weighted by Crippen LogP contribution is -2.31. The van der Waals surface area contributed by atoms with Crippen LogP contribution in [0.2, 0.25) is 0 Å². The standard InChI is InChI=1S/C19H24N4O3/c1-13(2)26-16-7-5-15(6-8-16)23-19-21-10-14(11-22-19)18(24)20-12-17-4-3-9-25-17/h5-8,10-11,13,17H,3-4,9,12H2,1-2H3,(H,20,24)(H,21,22,23). The van der Waals surface area contributed by atoms with Crippen molar-refractivity contribution < 1.29 is 14.3 Å². The normalized spacial score (nSPS) is 16.5. The number of anilines is 2. The van der Waals surface area contributed by atoms with Crippen molar-refractivity contribution in [2.75, 3.05) is 18.5 Å². The van der Waals surface area contributed by atoms with E-state index >= 15 is 0 Å². The van der Waals surface area contributed by atoms with Crippen LogP contribution in [0, 0.1) is 0 Å². The van der Waals surface area contributed by atoms with Gasteiger partial charge in [-0.15, -0.1) is 0 Å². The van der Waals surface area contributed by atoms with E-state index in [1.54, 1.807) is 0 Å². The molecule has 1 aliphatic heterocycles. The highest BCUT2D eigenvalue weighted by atomic mass is 16.5. The molecule has 138 valence electrons. The first kappa shape index (κ1) is 18.1. The first-order valence-electron chi connectivity index (χ1n) is 8.86. The van der Waals surface area contributed by atoms with Gasteiger partial charge in [-0.3, -0.25) is 4.79 Å². The van der Waals surface area contributed by atoms with Crippen molar-refractivity contribution >= 4 is 17.5 Å². The third-order valence-corrected chi connectivity index (χ3v) is 3.91. The molecule has 1 atom stereocenters. The van der Waals surface area contributed by atoms with Crippen molar-refractivity contribution in [3.8, 4) is 5.75 Å². The van der Waals surface area contributed by atoms with Gasteiger partial charge in [0.1, 0.15) is 5.75 Å². The molecule has 1 fully saturated rings. The summed E-state index contributed by atoms with van der Waals surface area (Å²) in [5, 5.41) is 5.95. The third-order valence-electron chi connectivity index (χ3n) is 3.91. The van der Waals surface area contributed by atoms with Gasteiger partial charge in [0.05, 0.1) is 17.8 Å². The van der Waals surface area contributed by atoms with Gasteiger partial charge < -0.3 is 20.1 Å². The number of hydrogen-bond acceptors (Lipinski definition) is 6. The van der Waals surface area contributed by atoms with Crippen LogP contribution in [0.15, 0.2) is 36.7 Å². The maximum Gasteiger partial charge on any atom is 0.254 e. The zero-order valence-electron chi connectivity index (χ0n) is 15.1. The molecule has 26 heavy (non-hydrogen) atoms. The molecule has 0 bridgehead atoms. The molecular formula is C19H24N4O3. The predicted octanol–water partition coefficient (Wildman–Crippen LogP) is 2.92. The molecule has 3 rings (SSSR count). The molecule has 7 heteroatoms. The molecule has 1 unspecified atom stereocenters. The Balaban J connectivity index is 1.52. The Kier molecular flexibility index (Phi) is 6.01. The number of nitrogens with zero attached hydrogens (tertiary/aromatic N) is 2. The van der Waals surface area contributed by atoms with Gasteiger partial charge in [-0.2, -0.15) is 0 Å². The summed E-state index contributed by atoms with van der Waals surface area (Å²) >= 11 is 0. The zero-order chi connectivity index (χ0) is 18.4. The van der Waals surface area contributed by atoms with Gasteiger partial charge in [0.15, 0.2) is 0 Å². The van der Waals surface area contributed by atoms with Crippen molar-refractivity contribution in [2.45, 2.75) is 38.9 Å². The maximum absolute atomic E-state index is 12.1. The maximum atomic E-state index is 12.1. The summed E-state index contributed by atoms with van der Waals surface area (Å²) in [6.07, 6.45) is 5.31. The molecule has 1 aromatic carbocycles. The SMILES string of the molecule is CC(C)Oc1ccc(Nc2ncc(C(=O)NCC3CCCO3)cn2)cc1. The number of aromatic nitrogens is 2. The lowest BCUT2D eigenvalue weighted by molar-refractivity contribution is 0.0857. The van der Waals surface area contributed by atoms with Crippen molar-refractivity contribution in [3.05, 3.63) is 42.2 Å². The number of benzene rings is 1. The number of carbonyl (C=O) groups is 1. The molecule has 0 spiro atoms. The molecule has 1 aliphatic rings. The van der Waals surface area contributed by atoms with Crippen LogP contribution in [0.4, 0.5) is 11.6 Å². The Hall–Kier alpha value is -2.67. The summed E-state index contributed by atoms with van der Waals surface area (Å²) in [4.78, 5) is 20.5. The molecule has 0 radical (unpaired) electrons. The smallest absolute Gasteiger partial charge is 0.254 e. The fraction of sp³-hybridized carbons (Fsp3) is 0.421. The Morgan fingerprint density at radius 1 is 1.27 bits per heavy atom. The first-order chi connectivity index (χ1) is 12.6. The molecule has 2 aromatic rings. The second-order valence-corrected chi connectivity index (χ2v) is 6.46. The number of nitrogens with one attached hydrogen (secondary N) is 2. The monoisotopic (exact) mass is 356 g/mol. The van der Waals surface area contributed by atoms with Gasteiger partial charge in [0.25, 0.3) is 5.91 Å². The Morgan fingerprint density at radius 2 is 2.00 bits per heavy atom. The van der Waals surface area contributed by atoms with E-state index in [-0.39, 0.29) is 18.1 Å². The second-order valence-electron chi connectivity index (χ2n) is 6.46.